The fourth-order valence-electron chi connectivity index (χ4n) is 1.17. The summed E-state index contributed by atoms with van der Waals surface area (Å²) in [5.41, 5.74) is 1.93. The Labute approximate surface area is 80.0 Å². The van der Waals surface area contributed by atoms with E-state index in [0.717, 1.165) is 11.1 Å². The fraction of sp³-hybridized carbons (Fsp3) is 0.111. The van der Waals surface area contributed by atoms with Crippen molar-refractivity contribution in [1.82, 2.24) is 5.32 Å². The maximum atomic E-state index is 11.0. The Bertz CT molecular complexity index is 358. The monoisotopic (exact) mass is 195 g/mol. The van der Waals surface area contributed by atoms with Crippen LogP contribution in [-0.4, -0.2) is 22.3 Å². The van der Waals surface area contributed by atoms with Gasteiger partial charge in [-0.1, -0.05) is 18.2 Å². The van der Waals surface area contributed by atoms with Gasteiger partial charge in [-0.05, 0) is 11.6 Å². The molecule has 74 valence electrons. The number of carbonyl (C=O) groups excluding carboxylic acids is 1. The van der Waals surface area contributed by atoms with Crippen LogP contribution in [0.2, 0.25) is 0 Å². The lowest BCUT2D eigenvalue weighted by molar-refractivity contribution is 0.0965. The van der Waals surface area contributed by atoms with E-state index < -0.39 is 6.16 Å². The molecule has 14 heavy (non-hydrogen) atoms. The van der Waals surface area contributed by atoms with Gasteiger partial charge in [0.1, 0.15) is 0 Å². The first-order valence-corrected chi connectivity index (χ1v) is 3.89. The van der Waals surface area contributed by atoms with Crippen LogP contribution in [-0.2, 0) is 6.54 Å². The molecule has 0 bridgehead atoms. The van der Waals surface area contributed by atoms with Crippen molar-refractivity contribution < 1.29 is 19.8 Å². The van der Waals surface area contributed by atoms with Crippen molar-refractivity contribution in [2.75, 3.05) is 0 Å². The van der Waals surface area contributed by atoms with Crippen LogP contribution in [0.1, 0.15) is 15.9 Å². The van der Waals surface area contributed by atoms with Crippen molar-refractivity contribution in [1.29, 1.82) is 0 Å². The maximum absolute atomic E-state index is 11.0. The van der Waals surface area contributed by atoms with Gasteiger partial charge in [0.15, 0.2) is 0 Å². The predicted molar refractivity (Wildman–Crippen MR) is 48.3 cm³/mol. The third kappa shape index (κ3) is 2.48. The first kappa shape index (κ1) is 10.0. The lowest BCUT2D eigenvalue weighted by Gasteiger charge is -1.89. The topological polar surface area (TPSA) is 86.6 Å². The van der Waals surface area contributed by atoms with E-state index in [1.807, 2.05) is 24.3 Å². The van der Waals surface area contributed by atoms with Crippen LogP contribution in [0.25, 0.3) is 0 Å². The molecule has 1 aliphatic heterocycles. The molecule has 0 aliphatic carbocycles. The number of hydrogen-bond acceptors (Lipinski definition) is 2. The number of carboxylic acid groups (broad SMARTS) is 2. The molecular weight excluding hydrogens is 186 g/mol. The van der Waals surface area contributed by atoms with E-state index in [0.29, 0.717) is 6.54 Å². The average molecular weight is 195 g/mol. The van der Waals surface area contributed by atoms with Gasteiger partial charge < -0.3 is 15.5 Å². The molecule has 0 atom stereocenters. The van der Waals surface area contributed by atoms with E-state index in [-0.39, 0.29) is 5.91 Å². The minimum atomic E-state index is -1.83. The van der Waals surface area contributed by atoms with Crippen molar-refractivity contribution in [2.24, 2.45) is 0 Å². The fourth-order valence-corrected chi connectivity index (χ4v) is 1.17. The van der Waals surface area contributed by atoms with Crippen molar-refractivity contribution >= 4 is 12.1 Å². The van der Waals surface area contributed by atoms with Gasteiger partial charge in [-0.25, -0.2) is 4.79 Å². The van der Waals surface area contributed by atoms with E-state index in [1.165, 1.54) is 0 Å². The SMILES string of the molecule is O=C(O)O.O=C1NCc2ccccc21. The van der Waals surface area contributed by atoms with E-state index in [9.17, 15) is 4.79 Å². The highest BCUT2D eigenvalue weighted by Crippen LogP contribution is 2.13. The molecule has 1 aromatic carbocycles. The van der Waals surface area contributed by atoms with Crippen molar-refractivity contribution in [2.45, 2.75) is 6.54 Å². The standard InChI is InChI=1S/C8H7NO.CH2O3/c10-8-7-4-2-1-3-6(7)5-9-8;2-1(3)4/h1-4H,5H2,(H,9,10);(H2,2,3,4). The number of nitrogens with one attached hydrogen (secondary N) is 1. The second kappa shape index (κ2) is 4.27. The second-order valence-corrected chi connectivity index (χ2v) is 2.62. The summed E-state index contributed by atoms with van der Waals surface area (Å²) in [6.07, 6.45) is -1.83. The van der Waals surface area contributed by atoms with Gasteiger partial charge in [-0.15, -0.1) is 0 Å². The van der Waals surface area contributed by atoms with Gasteiger partial charge in [-0.2, -0.15) is 0 Å². The van der Waals surface area contributed by atoms with Crippen LogP contribution < -0.4 is 5.32 Å². The minimum absolute atomic E-state index is 0.0515. The Hall–Kier alpha value is -2.04. The van der Waals surface area contributed by atoms with Gasteiger partial charge in [-0.3, -0.25) is 4.79 Å². The minimum Gasteiger partial charge on any atom is -0.450 e. The van der Waals surface area contributed by atoms with Gasteiger partial charge in [0.05, 0.1) is 0 Å². The lowest BCUT2D eigenvalue weighted by Crippen LogP contribution is -2.12. The van der Waals surface area contributed by atoms with E-state index in [2.05, 4.69) is 5.32 Å². The largest absolute Gasteiger partial charge is 0.503 e. The number of benzene rings is 1. The zero-order chi connectivity index (χ0) is 10.6. The molecule has 0 saturated heterocycles. The first-order valence-electron chi connectivity index (χ1n) is 3.89. The number of rotatable bonds is 0. The smallest absolute Gasteiger partial charge is 0.450 e. The molecule has 5 heteroatoms. The molecule has 0 fully saturated rings. The second-order valence-electron chi connectivity index (χ2n) is 2.62. The van der Waals surface area contributed by atoms with Crippen LogP contribution in [0.5, 0.6) is 0 Å². The van der Waals surface area contributed by atoms with Gasteiger partial charge in [0.25, 0.3) is 5.91 Å². The summed E-state index contributed by atoms with van der Waals surface area (Å²) in [5, 5.41) is 16.7. The Morgan fingerprint density at radius 2 is 1.86 bits per heavy atom. The molecule has 1 heterocycles. The molecule has 0 unspecified atom stereocenters. The molecule has 0 spiro atoms. The molecule has 1 aromatic rings. The molecule has 5 nitrogen and oxygen atoms in total. The summed E-state index contributed by atoms with van der Waals surface area (Å²) in [6, 6.07) is 7.63. The lowest BCUT2D eigenvalue weighted by atomic mass is 10.1. The third-order valence-electron chi connectivity index (χ3n) is 1.70. The zero-order valence-corrected chi connectivity index (χ0v) is 7.23. The van der Waals surface area contributed by atoms with Crippen molar-refractivity contribution in [3.63, 3.8) is 0 Å². The summed E-state index contributed by atoms with van der Waals surface area (Å²) < 4.78 is 0. The van der Waals surface area contributed by atoms with Gasteiger partial charge in [0, 0.05) is 12.1 Å². The summed E-state index contributed by atoms with van der Waals surface area (Å²) >= 11 is 0. The summed E-state index contributed by atoms with van der Waals surface area (Å²) in [7, 11) is 0. The number of fused-ring (bicyclic) bond motifs is 1. The van der Waals surface area contributed by atoms with Crippen LogP contribution >= 0.6 is 0 Å². The zero-order valence-electron chi connectivity index (χ0n) is 7.23. The highest BCUT2D eigenvalue weighted by Gasteiger charge is 2.16. The highest BCUT2D eigenvalue weighted by molar-refractivity contribution is 5.98. The molecule has 3 N–H and O–H groups in total. The van der Waals surface area contributed by atoms with E-state index >= 15 is 0 Å². The molecule has 0 saturated carbocycles. The number of amides is 1. The Morgan fingerprint density at radius 1 is 1.29 bits per heavy atom. The average Bonchev–Trinajstić information content (AvgIpc) is 2.48. The molecular formula is C9H9NO4. The highest BCUT2D eigenvalue weighted by atomic mass is 16.6. The Kier molecular flexibility index (Phi) is 3.06. The van der Waals surface area contributed by atoms with Crippen molar-refractivity contribution in [3.05, 3.63) is 35.4 Å². The maximum Gasteiger partial charge on any atom is 0.503 e. The molecule has 0 aromatic heterocycles. The normalized spacial score (nSPS) is 12.1. The third-order valence-corrected chi connectivity index (χ3v) is 1.70. The molecule has 0 radical (unpaired) electrons. The number of carbonyl (C=O) groups is 2. The van der Waals surface area contributed by atoms with E-state index in [1.54, 1.807) is 0 Å². The molecule has 1 amide bonds. The van der Waals surface area contributed by atoms with E-state index in [4.69, 9.17) is 15.0 Å². The summed E-state index contributed by atoms with van der Waals surface area (Å²) in [6.45, 7) is 0.689. The van der Waals surface area contributed by atoms with Crippen LogP contribution in [0.15, 0.2) is 24.3 Å². The Balaban J connectivity index is 0.000000213. The van der Waals surface area contributed by atoms with Crippen LogP contribution in [0.3, 0.4) is 0 Å². The van der Waals surface area contributed by atoms with Crippen LogP contribution in [0, 0.1) is 0 Å². The number of hydrogen-bond donors (Lipinski definition) is 3. The van der Waals surface area contributed by atoms with Gasteiger partial charge in [0.2, 0.25) is 0 Å². The predicted octanol–water partition coefficient (Wildman–Crippen LogP) is 1.15. The van der Waals surface area contributed by atoms with Crippen LogP contribution in [0.4, 0.5) is 4.79 Å². The van der Waals surface area contributed by atoms with Crippen molar-refractivity contribution in [3.8, 4) is 0 Å². The Morgan fingerprint density at radius 3 is 2.43 bits per heavy atom. The summed E-state index contributed by atoms with van der Waals surface area (Å²) in [4.78, 5) is 19.5. The summed E-state index contributed by atoms with van der Waals surface area (Å²) in [5.74, 6) is 0.0515. The molecule has 2 rings (SSSR count). The first-order chi connectivity index (χ1) is 6.61. The van der Waals surface area contributed by atoms with Gasteiger partial charge >= 0.3 is 6.16 Å². The quantitative estimate of drug-likeness (QED) is 0.579. The molecule has 1 aliphatic rings.